The van der Waals surface area contributed by atoms with Crippen molar-refractivity contribution in [2.45, 2.75) is 37.9 Å². The van der Waals surface area contributed by atoms with Gasteiger partial charge in [-0.3, -0.25) is 4.79 Å². The average molecular weight is 422 g/mol. The van der Waals surface area contributed by atoms with E-state index in [4.69, 9.17) is 21.1 Å². The summed E-state index contributed by atoms with van der Waals surface area (Å²) >= 11 is 9.78. The fourth-order valence-corrected chi connectivity index (χ4v) is 4.33. The molecular formula is C20H18BrClO3. The summed E-state index contributed by atoms with van der Waals surface area (Å²) in [7, 11) is 0. The van der Waals surface area contributed by atoms with Crippen molar-refractivity contribution in [3.63, 3.8) is 0 Å². The van der Waals surface area contributed by atoms with Crippen LogP contribution in [0.25, 0.3) is 0 Å². The monoisotopic (exact) mass is 420 g/mol. The highest BCUT2D eigenvalue weighted by molar-refractivity contribution is 9.10. The molecule has 2 aromatic carbocycles. The molecule has 130 valence electrons. The summed E-state index contributed by atoms with van der Waals surface area (Å²) in [6.45, 7) is 0.628. The first-order valence-electron chi connectivity index (χ1n) is 8.52. The number of rotatable bonds is 3. The van der Waals surface area contributed by atoms with Crippen molar-refractivity contribution in [2.75, 3.05) is 6.61 Å². The Morgan fingerprint density at radius 1 is 1.12 bits per heavy atom. The summed E-state index contributed by atoms with van der Waals surface area (Å²) in [5.41, 5.74) is 2.76. The van der Waals surface area contributed by atoms with Gasteiger partial charge in [0.1, 0.15) is 5.75 Å². The van der Waals surface area contributed by atoms with Crippen LogP contribution in [0.2, 0.25) is 5.02 Å². The van der Waals surface area contributed by atoms with Crippen LogP contribution in [0.5, 0.6) is 5.75 Å². The molecule has 0 radical (unpaired) electrons. The molecule has 2 aliphatic rings. The lowest BCUT2D eigenvalue weighted by atomic mass is 9.90. The summed E-state index contributed by atoms with van der Waals surface area (Å²) in [4.78, 5) is 12.2. The Bertz CT molecular complexity index is 828. The van der Waals surface area contributed by atoms with Gasteiger partial charge in [-0.15, -0.1) is 0 Å². The van der Waals surface area contributed by atoms with Crippen molar-refractivity contribution in [3.8, 4) is 5.75 Å². The number of hydrogen-bond acceptors (Lipinski definition) is 3. The van der Waals surface area contributed by atoms with Crippen LogP contribution in [0.1, 0.15) is 47.2 Å². The summed E-state index contributed by atoms with van der Waals surface area (Å²) in [6.07, 6.45) is 4.12. The van der Waals surface area contributed by atoms with Gasteiger partial charge in [0, 0.05) is 33.5 Å². The number of ketones is 1. The molecule has 1 aliphatic heterocycles. The van der Waals surface area contributed by atoms with Gasteiger partial charge in [0.15, 0.2) is 5.78 Å². The van der Waals surface area contributed by atoms with Gasteiger partial charge in [-0.1, -0.05) is 33.6 Å². The van der Waals surface area contributed by atoms with Crippen LogP contribution in [0.4, 0.5) is 0 Å². The summed E-state index contributed by atoms with van der Waals surface area (Å²) in [5, 5.41) is 0.636. The summed E-state index contributed by atoms with van der Waals surface area (Å²) < 4.78 is 13.3. The molecule has 1 heterocycles. The predicted molar refractivity (Wildman–Crippen MR) is 100 cm³/mol. The fourth-order valence-electron chi connectivity index (χ4n) is 3.61. The number of ether oxygens (including phenoxy) is 2. The smallest absolute Gasteiger partial charge is 0.238 e. The molecule has 4 rings (SSSR count). The van der Waals surface area contributed by atoms with Crippen molar-refractivity contribution in [1.82, 2.24) is 0 Å². The maximum Gasteiger partial charge on any atom is 0.238 e. The largest absolute Gasteiger partial charge is 0.458 e. The van der Waals surface area contributed by atoms with E-state index in [-0.39, 0.29) is 5.78 Å². The van der Waals surface area contributed by atoms with Crippen LogP contribution in [-0.4, -0.2) is 12.4 Å². The van der Waals surface area contributed by atoms with E-state index < -0.39 is 5.79 Å². The molecule has 0 bridgehead atoms. The van der Waals surface area contributed by atoms with Crippen LogP contribution >= 0.6 is 27.5 Å². The van der Waals surface area contributed by atoms with E-state index in [1.54, 1.807) is 0 Å². The number of Topliss-reactive ketones (excluding diaryl/α,β-unsaturated/α-hetero) is 1. The number of halogens is 2. The zero-order chi connectivity index (χ0) is 17.4. The highest BCUT2D eigenvalue weighted by atomic mass is 79.9. The van der Waals surface area contributed by atoms with Crippen LogP contribution in [-0.2, 0) is 16.9 Å². The molecule has 0 spiro atoms. The van der Waals surface area contributed by atoms with E-state index in [1.165, 1.54) is 0 Å². The highest BCUT2D eigenvalue weighted by Gasteiger charge is 2.41. The van der Waals surface area contributed by atoms with Crippen molar-refractivity contribution in [3.05, 3.63) is 62.6 Å². The van der Waals surface area contributed by atoms with Gasteiger partial charge >= 0.3 is 0 Å². The Kier molecular flexibility index (Phi) is 4.61. The molecular weight excluding hydrogens is 404 g/mol. The minimum absolute atomic E-state index is 0.192. The number of aryl methyl sites for hydroxylation is 1. The third kappa shape index (κ3) is 3.23. The lowest BCUT2D eigenvalue weighted by Crippen LogP contribution is -2.32. The first kappa shape index (κ1) is 17.1. The van der Waals surface area contributed by atoms with Crippen molar-refractivity contribution >= 4 is 33.3 Å². The third-order valence-electron chi connectivity index (χ3n) is 4.84. The highest BCUT2D eigenvalue weighted by Crippen LogP contribution is 2.43. The van der Waals surface area contributed by atoms with Gasteiger partial charge < -0.3 is 9.47 Å². The molecule has 0 aromatic heterocycles. The van der Waals surface area contributed by atoms with E-state index in [0.29, 0.717) is 23.8 Å². The molecule has 1 fully saturated rings. The van der Waals surface area contributed by atoms with Gasteiger partial charge in [-0.05, 0) is 55.2 Å². The molecule has 25 heavy (non-hydrogen) atoms. The first-order chi connectivity index (χ1) is 12.1. The molecule has 1 atom stereocenters. The number of benzene rings is 2. The third-order valence-corrected chi connectivity index (χ3v) is 5.77. The average Bonchev–Trinajstić information content (AvgIpc) is 3.07. The topological polar surface area (TPSA) is 35.5 Å². The SMILES string of the molecule is O=C1CCCc2ccc(OC3(c4cc(Cl)ccc4Br)CCCO3)cc21. The van der Waals surface area contributed by atoms with Gasteiger partial charge in [-0.2, -0.15) is 0 Å². The van der Waals surface area contributed by atoms with Crippen LogP contribution in [0.15, 0.2) is 40.9 Å². The molecule has 0 amide bonds. The fraction of sp³-hybridized carbons (Fsp3) is 0.350. The van der Waals surface area contributed by atoms with Crippen LogP contribution in [0, 0.1) is 0 Å². The quantitative estimate of drug-likeness (QED) is 0.641. The maximum atomic E-state index is 12.2. The van der Waals surface area contributed by atoms with Gasteiger partial charge in [0.25, 0.3) is 0 Å². The Labute approximate surface area is 160 Å². The standard InChI is InChI=1S/C20H18BrClO3/c21-18-8-6-14(22)11-17(18)20(9-2-10-24-20)25-15-7-5-13-3-1-4-19(23)16(13)12-15/h5-8,11-12H,1-4,9-10H2. The second kappa shape index (κ2) is 6.75. The minimum atomic E-state index is -0.879. The Hall–Kier alpha value is -1.36. The predicted octanol–water partition coefficient (Wildman–Crippen LogP) is 5.66. The minimum Gasteiger partial charge on any atom is -0.458 e. The molecule has 0 N–H and O–H groups in total. The Balaban J connectivity index is 1.72. The lowest BCUT2D eigenvalue weighted by Gasteiger charge is -2.31. The molecule has 1 unspecified atom stereocenters. The lowest BCUT2D eigenvalue weighted by molar-refractivity contribution is -0.158. The van der Waals surface area contributed by atoms with Crippen LogP contribution < -0.4 is 4.74 Å². The van der Waals surface area contributed by atoms with Gasteiger partial charge in [0.05, 0.1) is 6.61 Å². The molecule has 3 nitrogen and oxygen atoms in total. The van der Waals surface area contributed by atoms with Gasteiger partial charge in [0.2, 0.25) is 5.79 Å². The van der Waals surface area contributed by atoms with E-state index in [2.05, 4.69) is 15.9 Å². The van der Waals surface area contributed by atoms with Crippen molar-refractivity contribution in [1.29, 1.82) is 0 Å². The zero-order valence-corrected chi connectivity index (χ0v) is 16.0. The molecule has 0 saturated carbocycles. The Morgan fingerprint density at radius 2 is 2.00 bits per heavy atom. The molecule has 2 aromatic rings. The van der Waals surface area contributed by atoms with E-state index in [1.807, 2.05) is 36.4 Å². The number of carbonyl (C=O) groups is 1. The van der Waals surface area contributed by atoms with E-state index in [9.17, 15) is 4.79 Å². The summed E-state index contributed by atoms with van der Waals surface area (Å²) in [5.74, 6) is -0.0322. The molecule has 1 aliphatic carbocycles. The number of carbonyl (C=O) groups excluding carboxylic acids is 1. The maximum absolute atomic E-state index is 12.2. The van der Waals surface area contributed by atoms with Gasteiger partial charge in [-0.25, -0.2) is 0 Å². The second-order valence-electron chi connectivity index (χ2n) is 6.53. The van der Waals surface area contributed by atoms with E-state index in [0.717, 1.165) is 46.8 Å². The number of hydrogen-bond donors (Lipinski definition) is 0. The first-order valence-corrected chi connectivity index (χ1v) is 9.69. The Morgan fingerprint density at radius 3 is 2.80 bits per heavy atom. The zero-order valence-electron chi connectivity index (χ0n) is 13.7. The molecule has 1 saturated heterocycles. The van der Waals surface area contributed by atoms with E-state index >= 15 is 0 Å². The van der Waals surface area contributed by atoms with Crippen LogP contribution in [0.3, 0.4) is 0 Å². The summed E-state index contributed by atoms with van der Waals surface area (Å²) in [6, 6.07) is 11.4. The number of fused-ring (bicyclic) bond motifs is 1. The normalized spacial score (nSPS) is 22.7. The van der Waals surface area contributed by atoms with Crippen molar-refractivity contribution in [2.24, 2.45) is 0 Å². The van der Waals surface area contributed by atoms with Crippen molar-refractivity contribution < 1.29 is 14.3 Å². The second-order valence-corrected chi connectivity index (χ2v) is 7.82. The molecule has 5 heteroatoms.